The fourth-order valence-electron chi connectivity index (χ4n) is 2.44. The maximum atomic E-state index is 11.7. The molecule has 0 atom stereocenters. The molecule has 0 saturated heterocycles. The highest BCUT2D eigenvalue weighted by molar-refractivity contribution is 5.90. The van der Waals surface area contributed by atoms with Gasteiger partial charge in [-0.15, -0.1) is 0 Å². The van der Waals surface area contributed by atoms with Gasteiger partial charge in [-0.2, -0.15) is 0 Å². The highest BCUT2D eigenvalue weighted by atomic mass is 16.1. The molecule has 3 rings (SSSR count). The van der Waals surface area contributed by atoms with Crippen molar-refractivity contribution in [3.8, 4) is 0 Å². The molecule has 3 aromatic rings. The molecule has 3 heteroatoms. The van der Waals surface area contributed by atoms with Crippen molar-refractivity contribution in [3.63, 3.8) is 0 Å². The van der Waals surface area contributed by atoms with Crippen LogP contribution in [0.2, 0.25) is 0 Å². The molecule has 22 heavy (non-hydrogen) atoms. The normalized spacial score (nSPS) is 11.2. The quantitative estimate of drug-likeness (QED) is 0.797. The number of anilines is 1. The van der Waals surface area contributed by atoms with E-state index in [1.54, 1.807) is 6.07 Å². The molecule has 0 unspecified atom stereocenters. The summed E-state index contributed by atoms with van der Waals surface area (Å²) in [5.74, 6) is 0. The van der Waals surface area contributed by atoms with E-state index < -0.39 is 0 Å². The lowest BCUT2D eigenvalue weighted by Crippen LogP contribution is -2.07. The fourth-order valence-corrected chi connectivity index (χ4v) is 2.44. The Morgan fingerprint density at radius 1 is 0.955 bits per heavy atom. The van der Waals surface area contributed by atoms with Crippen LogP contribution in [-0.4, -0.2) is 19.1 Å². The van der Waals surface area contributed by atoms with Crippen LogP contribution in [0.4, 0.5) is 5.69 Å². The van der Waals surface area contributed by atoms with Crippen LogP contribution in [0, 0.1) is 0 Å². The molecule has 0 saturated carbocycles. The Labute approximate surface area is 129 Å². The maximum Gasteiger partial charge on any atom is 0.249 e. The first kappa shape index (κ1) is 14.1. The fraction of sp³-hybridized carbons (Fsp3) is 0.105. The summed E-state index contributed by atoms with van der Waals surface area (Å²) in [7, 11) is 4.04. The van der Waals surface area contributed by atoms with Crippen molar-refractivity contribution in [1.29, 1.82) is 0 Å². The molecule has 3 nitrogen and oxygen atoms in total. The number of para-hydroxylation sites is 1. The molecule has 110 valence electrons. The molecule has 0 radical (unpaired) electrons. The van der Waals surface area contributed by atoms with Gasteiger partial charge in [0.15, 0.2) is 0 Å². The summed E-state index contributed by atoms with van der Waals surface area (Å²) in [5, 5.41) is 1.04. The molecule has 0 amide bonds. The Kier molecular flexibility index (Phi) is 3.79. The van der Waals surface area contributed by atoms with Gasteiger partial charge in [0, 0.05) is 36.8 Å². The topological polar surface area (TPSA) is 36.1 Å². The summed E-state index contributed by atoms with van der Waals surface area (Å²) in [6.45, 7) is 0. The van der Waals surface area contributed by atoms with Crippen molar-refractivity contribution in [1.82, 2.24) is 4.98 Å². The standard InChI is InChI=1S/C19H18N2O/c1-21(2)16-11-8-14(9-12-16)7-10-15-13-19(22)20-18-6-4-3-5-17(15)18/h3-13H,1-2H3,(H,20,22). The first-order valence-electron chi connectivity index (χ1n) is 7.21. The zero-order chi connectivity index (χ0) is 15.5. The summed E-state index contributed by atoms with van der Waals surface area (Å²) in [6, 6.07) is 17.8. The number of nitrogens with one attached hydrogen (secondary N) is 1. The number of benzene rings is 2. The van der Waals surface area contributed by atoms with Gasteiger partial charge in [0.2, 0.25) is 5.56 Å². The number of fused-ring (bicyclic) bond motifs is 1. The third kappa shape index (κ3) is 2.93. The van der Waals surface area contributed by atoms with Gasteiger partial charge in [-0.1, -0.05) is 42.5 Å². The van der Waals surface area contributed by atoms with Gasteiger partial charge in [-0.3, -0.25) is 4.79 Å². The van der Waals surface area contributed by atoms with Crippen molar-refractivity contribution in [2.75, 3.05) is 19.0 Å². The first-order valence-corrected chi connectivity index (χ1v) is 7.21. The summed E-state index contributed by atoms with van der Waals surface area (Å²) in [4.78, 5) is 16.7. The molecule has 0 fully saturated rings. The predicted molar refractivity (Wildman–Crippen MR) is 94.3 cm³/mol. The number of nitrogens with zero attached hydrogens (tertiary/aromatic N) is 1. The van der Waals surface area contributed by atoms with Crippen LogP contribution in [0.15, 0.2) is 59.4 Å². The molecule has 1 aromatic heterocycles. The van der Waals surface area contributed by atoms with Crippen molar-refractivity contribution in [3.05, 3.63) is 76.1 Å². The lowest BCUT2D eigenvalue weighted by Gasteiger charge is -2.11. The van der Waals surface area contributed by atoms with Gasteiger partial charge in [0.25, 0.3) is 0 Å². The van der Waals surface area contributed by atoms with E-state index in [9.17, 15) is 4.79 Å². The Balaban J connectivity index is 1.97. The van der Waals surface area contributed by atoms with Gasteiger partial charge in [0.05, 0.1) is 0 Å². The van der Waals surface area contributed by atoms with Crippen LogP contribution in [0.25, 0.3) is 23.1 Å². The summed E-state index contributed by atoms with van der Waals surface area (Å²) in [6.07, 6.45) is 4.02. The van der Waals surface area contributed by atoms with Gasteiger partial charge >= 0.3 is 0 Å². The number of H-pyrrole nitrogens is 1. The molecular weight excluding hydrogens is 272 g/mol. The van der Waals surface area contributed by atoms with E-state index in [4.69, 9.17) is 0 Å². The second-order valence-corrected chi connectivity index (χ2v) is 5.45. The minimum absolute atomic E-state index is 0.0821. The Bertz CT molecular complexity index is 874. The van der Waals surface area contributed by atoms with E-state index in [0.29, 0.717) is 0 Å². The number of aromatic nitrogens is 1. The third-order valence-corrected chi connectivity index (χ3v) is 3.65. The maximum absolute atomic E-state index is 11.7. The molecule has 0 aliphatic carbocycles. The van der Waals surface area contributed by atoms with E-state index in [2.05, 4.69) is 34.1 Å². The predicted octanol–water partition coefficient (Wildman–Crippen LogP) is 3.76. The smallest absolute Gasteiger partial charge is 0.249 e. The second-order valence-electron chi connectivity index (χ2n) is 5.45. The van der Waals surface area contributed by atoms with Crippen LogP contribution in [0.3, 0.4) is 0 Å². The Hall–Kier alpha value is -2.81. The van der Waals surface area contributed by atoms with Gasteiger partial charge < -0.3 is 9.88 Å². The van der Waals surface area contributed by atoms with Gasteiger partial charge in [-0.05, 0) is 29.3 Å². The molecule has 2 aromatic carbocycles. The zero-order valence-corrected chi connectivity index (χ0v) is 12.7. The lowest BCUT2D eigenvalue weighted by molar-refractivity contribution is 1.13. The van der Waals surface area contributed by atoms with Crippen LogP contribution in [0.1, 0.15) is 11.1 Å². The van der Waals surface area contributed by atoms with Crippen molar-refractivity contribution >= 4 is 28.7 Å². The number of hydrogen-bond donors (Lipinski definition) is 1. The summed E-state index contributed by atoms with van der Waals surface area (Å²) in [5.41, 5.74) is 3.98. The minimum atomic E-state index is -0.0821. The van der Waals surface area contributed by atoms with E-state index in [1.165, 1.54) is 5.69 Å². The highest BCUT2D eigenvalue weighted by Gasteiger charge is 2.00. The molecule has 0 aliphatic rings. The molecule has 1 heterocycles. The van der Waals surface area contributed by atoms with E-state index in [0.717, 1.165) is 22.0 Å². The average molecular weight is 290 g/mol. The molecule has 1 N–H and O–H groups in total. The van der Waals surface area contributed by atoms with Crippen molar-refractivity contribution < 1.29 is 0 Å². The number of rotatable bonds is 3. The van der Waals surface area contributed by atoms with Crippen LogP contribution < -0.4 is 10.5 Å². The first-order chi connectivity index (χ1) is 10.6. The summed E-state index contributed by atoms with van der Waals surface area (Å²) < 4.78 is 0. The van der Waals surface area contributed by atoms with E-state index >= 15 is 0 Å². The van der Waals surface area contributed by atoms with Crippen LogP contribution in [-0.2, 0) is 0 Å². The van der Waals surface area contributed by atoms with Gasteiger partial charge in [0.1, 0.15) is 0 Å². The highest BCUT2D eigenvalue weighted by Crippen LogP contribution is 2.18. The van der Waals surface area contributed by atoms with Crippen LogP contribution >= 0.6 is 0 Å². The Morgan fingerprint density at radius 2 is 1.68 bits per heavy atom. The SMILES string of the molecule is CN(C)c1ccc(C=Cc2cc(=O)[nH]c3ccccc23)cc1. The number of hydrogen-bond acceptors (Lipinski definition) is 2. The molecular formula is C19H18N2O. The lowest BCUT2D eigenvalue weighted by atomic mass is 10.1. The number of pyridine rings is 1. The summed E-state index contributed by atoms with van der Waals surface area (Å²) >= 11 is 0. The average Bonchev–Trinajstić information content (AvgIpc) is 2.52. The van der Waals surface area contributed by atoms with E-state index in [1.807, 2.05) is 50.5 Å². The molecule has 0 bridgehead atoms. The molecule has 0 spiro atoms. The third-order valence-electron chi connectivity index (χ3n) is 3.65. The molecule has 0 aliphatic heterocycles. The van der Waals surface area contributed by atoms with Crippen molar-refractivity contribution in [2.24, 2.45) is 0 Å². The van der Waals surface area contributed by atoms with Crippen LogP contribution in [0.5, 0.6) is 0 Å². The number of aromatic amines is 1. The van der Waals surface area contributed by atoms with E-state index in [-0.39, 0.29) is 5.56 Å². The Morgan fingerprint density at radius 3 is 2.41 bits per heavy atom. The monoisotopic (exact) mass is 290 g/mol. The zero-order valence-electron chi connectivity index (χ0n) is 12.7. The second kappa shape index (κ2) is 5.90. The van der Waals surface area contributed by atoms with Gasteiger partial charge in [-0.25, -0.2) is 0 Å². The largest absolute Gasteiger partial charge is 0.378 e. The minimum Gasteiger partial charge on any atom is -0.378 e. The van der Waals surface area contributed by atoms with Crippen molar-refractivity contribution in [2.45, 2.75) is 0 Å².